The fourth-order valence-corrected chi connectivity index (χ4v) is 4.25. The highest BCUT2D eigenvalue weighted by Crippen LogP contribution is 2.35. The van der Waals surface area contributed by atoms with E-state index in [1.54, 1.807) is 24.3 Å². The number of phenolic OH excluding ortho intramolecular Hbond substituents is 1. The van der Waals surface area contributed by atoms with Crippen molar-refractivity contribution in [3.05, 3.63) is 46.5 Å². The number of aromatic hydroxyl groups is 1. The van der Waals surface area contributed by atoms with Gasteiger partial charge in [0.05, 0.1) is 24.3 Å². The number of fused-ring (bicyclic) bond motifs is 1. The average molecular weight is 515 g/mol. The lowest BCUT2D eigenvalue weighted by atomic mass is 10.00. The van der Waals surface area contributed by atoms with E-state index in [2.05, 4.69) is 0 Å². The van der Waals surface area contributed by atoms with Crippen molar-refractivity contribution >= 4 is 17.7 Å². The molecule has 0 aromatic heterocycles. The van der Waals surface area contributed by atoms with Crippen LogP contribution >= 0.6 is 0 Å². The molecule has 2 N–H and O–H groups in total. The zero-order valence-electron chi connectivity index (χ0n) is 21.5. The van der Waals surface area contributed by atoms with Crippen LogP contribution in [0, 0.1) is 0 Å². The molecular weight excluding hydrogens is 480 g/mol. The molecule has 0 bridgehead atoms. The molecular formula is C28H34O9. The minimum Gasteiger partial charge on any atom is -0.507 e. The topological polar surface area (TPSA) is 129 Å². The van der Waals surface area contributed by atoms with Gasteiger partial charge in [0.15, 0.2) is 11.6 Å². The summed E-state index contributed by atoms with van der Waals surface area (Å²) in [6.45, 7) is 5.72. The Hall–Kier alpha value is -3.75. The van der Waals surface area contributed by atoms with Crippen molar-refractivity contribution in [3.8, 4) is 23.0 Å². The van der Waals surface area contributed by atoms with Crippen molar-refractivity contribution in [1.82, 2.24) is 0 Å². The molecule has 1 atom stereocenters. The Morgan fingerprint density at radius 1 is 0.973 bits per heavy atom. The first-order valence-corrected chi connectivity index (χ1v) is 12.6. The quantitative estimate of drug-likeness (QED) is 0.196. The number of aryl methyl sites for hydroxylation is 1. The molecule has 0 amide bonds. The normalized spacial score (nSPS) is 14.3. The molecule has 9 nitrogen and oxygen atoms in total. The summed E-state index contributed by atoms with van der Waals surface area (Å²) in [7, 11) is 0. The van der Waals surface area contributed by atoms with E-state index in [1.165, 1.54) is 13.8 Å². The molecule has 1 heterocycles. The number of hydrogen-bond acceptors (Lipinski definition) is 8. The maximum Gasteiger partial charge on any atom is 0.508 e. The van der Waals surface area contributed by atoms with E-state index in [0.717, 1.165) is 31.2 Å². The summed E-state index contributed by atoms with van der Waals surface area (Å²) in [4.78, 5) is 34.7. The van der Waals surface area contributed by atoms with Crippen LogP contribution in [0.5, 0.6) is 23.0 Å². The van der Waals surface area contributed by atoms with Gasteiger partial charge in [0.1, 0.15) is 23.0 Å². The number of ether oxygens (including phenoxy) is 4. The number of ketones is 2. The van der Waals surface area contributed by atoms with Crippen LogP contribution < -0.4 is 14.2 Å². The lowest BCUT2D eigenvalue weighted by Gasteiger charge is -2.26. The molecule has 0 saturated heterocycles. The van der Waals surface area contributed by atoms with E-state index < -0.39 is 12.4 Å². The first kappa shape index (κ1) is 27.8. The lowest BCUT2D eigenvalue weighted by Crippen LogP contribution is -2.28. The third-order valence-electron chi connectivity index (χ3n) is 6.10. The van der Waals surface area contributed by atoms with Crippen molar-refractivity contribution in [2.24, 2.45) is 0 Å². The maximum absolute atomic E-state index is 12.2. The van der Waals surface area contributed by atoms with E-state index >= 15 is 0 Å². The van der Waals surface area contributed by atoms with Crippen LogP contribution in [-0.2, 0) is 17.6 Å². The number of carbonyl (C=O) groups excluding carboxylic acids is 2. The molecule has 2 aromatic carbocycles. The van der Waals surface area contributed by atoms with Gasteiger partial charge in [0, 0.05) is 18.1 Å². The molecule has 2 aromatic rings. The van der Waals surface area contributed by atoms with Gasteiger partial charge < -0.3 is 29.2 Å². The molecule has 0 radical (unpaired) electrons. The smallest absolute Gasteiger partial charge is 0.507 e. The maximum atomic E-state index is 12.2. The minimum atomic E-state index is -1.40. The van der Waals surface area contributed by atoms with Crippen LogP contribution in [0.15, 0.2) is 24.3 Å². The van der Waals surface area contributed by atoms with Crippen LogP contribution in [0.4, 0.5) is 4.79 Å². The Bertz CT molecular complexity index is 1140. The Morgan fingerprint density at radius 3 is 2.27 bits per heavy atom. The van der Waals surface area contributed by atoms with Gasteiger partial charge >= 0.3 is 6.16 Å². The number of phenols is 1. The third-order valence-corrected chi connectivity index (χ3v) is 6.10. The molecule has 0 spiro atoms. The predicted octanol–water partition coefficient (Wildman–Crippen LogP) is 5.72. The highest BCUT2D eigenvalue weighted by atomic mass is 16.8. The first-order chi connectivity index (χ1) is 17.7. The Morgan fingerprint density at radius 2 is 1.65 bits per heavy atom. The fourth-order valence-electron chi connectivity index (χ4n) is 4.25. The Balaban J connectivity index is 1.51. The van der Waals surface area contributed by atoms with E-state index in [1.807, 2.05) is 6.92 Å². The second-order valence-electron chi connectivity index (χ2n) is 8.98. The molecule has 1 aliphatic heterocycles. The number of unbranched alkanes of at least 4 members (excludes halogenated alkanes) is 2. The number of carbonyl (C=O) groups is 3. The molecule has 1 aliphatic rings. The van der Waals surface area contributed by atoms with E-state index in [4.69, 9.17) is 24.1 Å². The second-order valence-corrected chi connectivity index (χ2v) is 8.98. The van der Waals surface area contributed by atoms with Gasteiger partial charge in [-0.1, -0.05) is 13.3 Å². The highest BCUT2D eigenvalue weighted by Gasteiger charge is 2.25. The summed E-state index contributed by atoms with van der Waals surface area (Å²) in [5.74, 6) is 1.11. The summed E-state index contributed by atoms with van der Waals surface area (Å²) in [6.07, 6.45) is 2.33. The highest BCUT2D eigenvalue weighted by molar-refractivity contribution is 5.98. The second kappa shape index (κ2) is 13.0. The van der Waals surface area contributed by atoms with Gasteiger partial charge in [-0.2, -0.15) is 0 Å². The standard InChI is InChI=1S/C28H34O9/c1-4-8-21-23(11-10-20(17(2)29)27(21)31)34-13-6-5-7-14-35-25-16-24-19(15-22(25)18(3)30)9-12-26(36-24)37-28(32)33/h10-11,15-16,26,31H,4-9,12-14H2,1-3H3,(H,32,33)/t26-/m0/s1. The van der Waals surface area contributed by atoms with Crippen molar-refractivity contribution < 1.29 is 43.5 Å². The van der Waals surface area contributed by atoms with Gasteiger partial charge in [-0.15, -0.1) is 0 Å². The molecule has 0 aliphatic carbocycles. The van der Waals surface area contributed by atoms with Crippen molar-refractivity contribution in [2.75, 3.05) is 13.2 Å². The van der Waals surface area contributed by atoms with Gasteiger partial charge in [0.2, 0.25) is 6.29 Å². The first-order valence-electron chi connectivity index (χ1n) is 12.6. The summed E-state index contributed by atoms with van der Waals surface area (Å²) >= 11 is 0. The van der Waals surface area contributed by atoms with E-state index in [9.17, 15) is 19.5 Å². The minimum absolute atomic E-state index is 0.00334. The Labute approximate surface area is 216 Å². The van der Waals surface area contributed by atoms with E-state index in [0.29, 0.717) is 66.4 Å². The summed E-state index contributed by atoms with van der Waals surface area (Å²) < 4.78 is 22.1. The summed E-state index contributed by atoms with van der Waals surface area (Å²) in [6, 6.07) is 6.68. The van der Waals surface area contributed by atoms with Crippen LogP contribution in [0.3, 0.4) is 0 Å². The molecule has 0 unspecified atom stereocenters. The molecule has 0 fully saturated rings. The Kier molecular flexibility index (Phi) is 9.77. The summed E-state index contributed by atoms with van der Waals surface area (Å²) in [5.41, 5.74) is 2.22. The zero-order valence-corrected chi connectivity index (χ0v) is 21.5. The number of Topliss-reactive ketones (excluding diaryl/α,β-unsaturated/α-hetero) is 2. The van der Waals surface area contributed by atoms with Crippen LogP contribution in [0.1, 0.15) is 84.7 Å². The van der Waals surface area contributed by atoms with E-state index in [-0.39, 0.29) is 17.3 Å². The fraction of sp³-hybridized carbons (Fsp3) is 0.464. The molecule has 37 heavy (non-hydrogen) atoms. The SMILES string of the molecule is CCCc1c(OCCCCCOc2cc3c(cc2C(C)=O)CC[C@H](OC(=O)O)O3)ccc(C(C)=O)c1O. The molecule has 0 saturated carbocycles. The number of carboxylic acid groups (broad SMARTS) is 1. The van der Waals surface area contributed by atoms with Crippen molar-refractivity contribution in [3.63, 3.8) is 0 Å². The largest absolute Gasteiger partial charge is 0.508 e. The average Bonchev–Trinajstić information content (AvgIpc) is 2.84. The molecule has 3 rings (SSSR count). The van der Waals surface area contributed by atoms with Crippen LogP contribution in [0.25, 0.3) is 0 Å². The lowest BCUT2D eigenvalue weighted by molar-refractivity contribution is -0.0635. The monoisotopic (exact) mass is 514 g/mol. The van der Waals surface area contributed by atoms with Crippen LogP contribution in [0.2, 0.25) is 0 Å². The van der Waals surface area contributed by atoms with Gasteiger partial charge in [-0.3, -0.25) is 9.59 Å². The number of rotatable bonds is 13. The third kappa shape index (κ3) is 7.38. The van der Waals surface area contributed by atoms with Crippen LogP contribution in [-0.4, -0.2) is 47.4 Å². The van der Waals surface area contributed by atoms with Crippen molar-refractivity contribution in [2.45, 2.75) is 72.0 Å². The predicted molar refractivity (Wildman–Crippen MR) is 135 cm³/mol. The zero-order chi connectivity index (χ0) is 26.9. The van der Waals surface area contributed by atoms with Crippen molar-refractivity contribution in [1.29, 1.82) is 0 Å². The van der Waals surface area contributed by atoms with Gasteiger partial charge in [-0.25, -0.2) is 4.79 Å². The van der Waals surface area contributed by atoms with Gasteiger partial charge in [0.25, 0.3) is 0 Å². The molecule has 200 valence electrons. The number of hydrogen-bond donors (Lipinski definition) is 2. The number of benzene rings is 2. The van der Waals surface area contributed by atoms with Gasteiger partial charge in [-0.05, 0) is 69.7 Å². The molecule has 9 heteroatoms. The summed E-state index contributed by atoms with van der Waals surface area (Å²) in [5, 5.41) is 19.3.